The molecule has 2 N–H and O–H groups in total. The van der Waals surface area contributed by atoms with Crippen molar-refractivity contribution in [3.8, 4) is 0 Å². The summed E-state index contributed by atoms with van der Waals surface area (Å²) < 4.78 is 0. The second-order valence-corrected chi connectivity index (χ2v) is 3.64. The molecule has 2 rings (SSSR count). The molecule has 0 amide bonds. The molecule has 0 aliphatic carbocycles. The van der Waals surface area contributed by atoms with Gasteiger partial charge in [-0.25, -0.2) is 4.98 Å². The van der Waals surface area contributed by atoms with Gasteiger partial charge in [0.25, 0.3) is 0 Å². The van der Waals surface area contributed by atoms with E-state index in [1.54, 1.807) is 0 Å². The fourth-order valence-corrected chi connectivity index (χ4v) is 1.45. The van der Waals surface area contributed by atoms with Gasteiger partial charge in [0.2, 0.25) is 0 Å². The lowest BCUT2D eigenvalue weighted by Crippen LogP contribution is -2.21. The molecule has 1 aliphatic rings. The van der Waals surface area contributed by atoms with E-state index in [4.69, 9.17) is 0 Å². The van der Waals surface area contributed by atoms with Crippen molar-refractivity contribution in [2.45, 2.75) is 19.8 Å². The highest BCUT2D eigenvalue weighted by Crippen LogP contribution is 2.24. The van der Waals surface area contributed by atoms with Crippen LogP contribution in [0.2, 0.25) is 0 Å². The summed E-state index contributed by atoms with van der Waals surface area (Å²) in [6.07, 6.45) is 0. The number of fused-ring (bicyclic) bond motifs is 1. The molecule has 0 spiro atoms. The number of nitrogens with zero attached hydrogens (tertiary/aromatic N) is 1. The van der Waals surface area contributed by atoms with Crippen LogP contribution in [0.4, 0.5) is 11.5 Å². The molecule has 0 saturated carbocycles. The van der Waals surface area contributed by atoms with Gasteiger partial charge >= 0.3 is 0 Å². The second-order valence-electron chi connectivity index (χ2n) is 3.64. The molecule has 0 aromatic carbocycles. The lowest BCUT2D eigenvalue weighted by molar-refractivity contribution is 0.820. The fourth-order valence-electron chi connectivity index (χ4n) is 1.45. The number of pyridine rings is 1. The number of nitrogens with one attached hydrogen (secondary N) is 2. The Morgan fingerprint density at radius 2 is 2.00 bits per heavy atom. The van der Waals surface area contributed by atoms with Crippen LogP contribution >= 0.6 is 0 Å². The van der Waals surface area contributed by atoms with E-state index in [0.29, 0.717) is 5.92 Å². The molecule has 0 radical (unpaired) electrons. The Morgan fingerprint density at radius 1 is 1.23 bits per heavy atom. The molecule has 0 atom stereocenters. The highest BCUT2D eigenvalue weighted by atomic mass is 15.1. The van der Waals surface area contributed by atoms with Crippen LogP contribution in [0.25, 0.3) is 0 Å². The van der Waals surface area contributed by atoms with E-state index in [1.165, 1.54) is 0 Å². The third-order valence-corrected chi connectivity index (χ3v) is 2.24. The van der Waals surface area contributed by atoms with Crippen LogP contribution in [-0.4, -0.2) is 18.1 Å². The lowest BCUT2D eigenvalue weighted by Gasteiger charge is -2.19. The van der Waals surface area contributed by atoms with Gasteiger partial charge in [-0.3, -0.25) is 0 Å². The van der Waals surface area contributed by atoms with E-state index in [9.17, 15) is 0 Å². The smallest absolute Gasteiger partial charge is 0.149 e. The van der Waals surface area contributed by atoms with E-state index >= 15 is 0 Å². The SMILES string of the molecule is CC(C)c1ccc2c(n1)NCCN2. The maximum atomic E-state index is 4.54. The average Bonchev–Trinajstić information content (AvgIpc) is 2.17. The lowest BCUT2D eigenvalue weighted by atomic mass is 10.1. The summed E-state index contributed by atoms with van der Waals surface area (Å²) in [5.41, 5.74) is 2.27. The summed E-state index contributed by atoms with van der Waals surface area (Å²) in [5, 5.41) is 6.59. The van der Waals surface area contributed by atoms with Crippen molar-refractivity contribution in [3.05, 3.63) is 17.8 Å². The number of hydrogen-bond acceptors (Lipinski definition) is 3. The summed E-state index contributed by atoms with van der Waals surface area (Å²) in [6.45, 7) is 6.26. The molecule has 3 heteroatoms. The van der Waals surface area contributed by atoms with Crippen LogP contribution in [0.5, 0.6) is 0 Å². The molecule has 2 heterocycles. The molecule has 0 bridgehead atoms. The second kappa shape index (κ2) is 3.24. The summed E-state index contributed by atoms with van der Waals surface area (Å²) in [4.78, 5) is 4.54. The number of anilines is 2. The highest BCUT2D eigenvalue weighted by Gasteiger charge is 2.10. The highest BCUT2D eigenvalue weighted by molar-refractivity contribution is 5.66. The number of aromatic nitrogens is 1. The first kappa shape index (κ1) is 8.35. The monoisotopic (exact) mass is 177 g/mol. The maximum Gasteiger partial charge on any atom is 0.149 e. The molecule has 0 fully saturated rings. The van der Waals surface area contributed by atoms with Crippen molar-refractivity contribution in [1.82, 2.24) is 4.98 Å². The predicted molar refractivity (Wildman–Crippen MR) is 55.3 cm³/mol. The Labute approximate surface area is 78.6 Å². The van der Waals surface area contributed by atoms with Crippen LogP contribution in [-0.2, 0) is 0 Å². The Kier molecular flexibility index (Phi) is 2.08. The Hall–Kier alpha value is -1.25. The Morgan fingerprint density at radius 3 is 2.77 bits per heavy atom. The number of hydrogen-bond donors (Lipinski definition) is 2. The zero-order chi connectivity index (χ0) is 9.26. The summed E-state index contributed by atoms with van der Waals surface area (Å²) >= 11 is 0. The van der Waals surface area contributed by atoms with Gasteiger partial charge in [0.1, 0.15) is 5.82 Å². The molecule has 1 aliphatic heterocycles. The first-order valence-corrected chi connectivity index (χ1v) is 4.76. The molecule has 0 unspecified atom stereocenters. The standard InChI is InChI=1S/C10H15N3/c1-7(2)8-3-4-9-10(13-8)12-6-5-11-9/h3-4,7,11H,5-6H2,1-2H3,(H,12,13). The van der Waals surface area contributed by atoms with Gasteiger partial charge in [-0.05, 0) is 18.1 Å². The van der Waals surface area contributed by atoms with Gasteiger partial charge < -0.3 is 10.6 Å². The Bertz CT molecular complexity index is 307. The van der Waals surface area contributed by atoms with Gasteiger partial charge in [0, 0.05) is 18.8 Å². The molecule has 1 aromatic rings. The predicted octanol–water partition coefficient (Wildman–Crippen LogP) is 2.04. The van der Waals surface area contributed by atoms with Gasteiger partial charge in [0.15, 0.2) is 0 Å². The van der Waals surface area contributed by atoms with E-state index < -0.39 is 0 Å². The van der Waals surface area contributed by atoms with Crippen molar-refractivity contribution < 1.29 is 0 Å². The fraction of sp³-hybridized carbons (Fsp3) is 0.500. The largest absolute Gasteiger partial charge is 0.380 e. The maximum absolute atomic E-state index is 4.54. The minimum atomic E-state index is 0.494. The van der Waals surface area contributed by atoms with Gasteiger partial charge in [0.05, 0.1) is 5.69 Å². The van der Waals surface area contributed by atoms with Crippen molar-refractivity contribution in [1.29, 1.82) is 0 Å². The van der Waals surface area contributed by atoms with Crippen molar-refractivity contribution >= 4 is 11.5 Å². The number of rotatable bonds is 1. The summed E-state index contributed by atoms with van der Waals surface area (Å²) in [6, 6.07) is 4.19. The quantitative estimate of drug-likeness (QED) is 0.689. The molecule has 3 nitrogen and oxygen atoms in total. The zero-order valence-electron chi connectivity index (χ0n) is 8.09. The third-order valence-electron chi connectivity index (χ3n) is 2.24. The van der Waals surface area contributed by atoms with Crippen LogP contribution in [0.15, 0.2) is 12.1 Å². The van der Waals surface area contributed by atoms with Crippen LogP contribution in [0.3, 0.4) is 0 Å². The minimum Gasteiger partial charge on any atom is -0.380 e. The van der Waals surface area contributed by atoms with Gasteiger partial charge in [-0.2, -0.15) is 0 Å². The zero-order valence-corrected chi connectivity index (χ0v) is 8.09. The third kappa shape index (κ3) is 1.59. The van der Waals surface area contributed by atoms with Crippen LogP contribution in [0.1, 0.15) is 25.5 Å². The van der Waals surface area contributed by atoms with E-state index in [0.717, 1.165) is 30.3 Å². The average molecular weight is 177 g/mol. The molecular formula is C10H15N3. The van der Waals surface area contributed by atoms with Gasteiger partial charge in [-0.15, -0.1) is 0 Å². The summed E-state index contributed by atoms with van der Waals surface area (Å²) in [5.74, 6) is 1.49. The molecule has 0 saturated heterocycles. The van der Waals surface area contributed by atoms with Crippen molar-refractivity contribution in [2.75, 3.05) is 23.7 Å². The topological polar surface area (TPSA) is 37.0 Å². The van der Waals surface area contributed by atoms with Crippen LogP contribution < -0.4 is 10.6 Å². The molecule has 1 aromatic heterocycles. The van der Waals surface area contributed by atoms with Gasteiger partial charge in [-0.1, -0.05) is 13.8 Å². The van der Waals surface area contributed by atoms with E-state index in [1.807, 2.05) is 0 Å². The first-order valence-electron chi connectivity index (χ1n) is 4.76. The first-order chi connectivity index (χ1) is 6.27. The van der Waals surface area contributed by atoms with Crippen molar-refractivity contribution in [3.63, 3.8) is 0 Å². The minimum absolute atomic E-state index is 0.494. The van der Waals surface area contributed by atoms with Crippen molar-refractivity contribution in [2.24, 2.45) is 0 Å². The molecular weight excluding hydrogens is 162 g/mol. The van der Waals surface area contributed by atoms with E-state index in [-0.39, 0.29) is 0 Å². The normalized spacial score (nSPS) is 14.7. The molecule has 13 heavy (non-hydrogen) atoms. The Balaban J connectivity index is 2.35. The van der Waals surface area contributed by atoms with Crippen LogP contribution in [0, 0.1) is 0 Å². The van der Waals surface area contributed by atoms with E-state index in [2.05, 4.69) is 41.6 Å². The summed E-state index contributed by atoms with van der Waals surface area (Å²) in [7, 11) is 0. The molecule has 70 valence electrons.